The van der Waals surface area contributed by atoms with Crippen molar-refractivity contribution in [1.82, 2.24) is 0 Å². The summed E-state index contributed by atoms with van der Waals surface area (Å²) < 4.78 is 4.92. The number of carbonyl (C=O) groups excluding carboxylic acids is 1. The molecule has 6 nitrogen and oxygen atoms in total. The van der Waals surface area contributed by atoms with Crippen LogP contribution in [0.5, 0.6) is 5.75 Å². The number of methoxy groups -OCH3 is 1. The first-order valence-corrected chi connectivity index (χ1v) is 5.42. The third-order valence-electron chi connectivity index (χ3n) is 2.19. The fourth-order valence-corrected chi connectivity index (χ4v) is 1.44. The van der Waals surface area contributed by atoms with Gasteiger partial charge in [0, 0.05) is 6.07 Å². The average Bonchev–Trinajstić information content (AvgIpc) is 2.30. The second-order valence-electron chi connectivity index (χ2n) is 3.62. The van der Waals surface area contributed by atoms with Crippen LogP contribution in [0, 0.1) is 0 Å². The molecule has 1 aromatic carbocycles. The molecule has 0 unspecified atom stereocenters. The van der Waals surface area contributed by atoms with Crippen LogP contribution < -0.4 is 15.8 Å². The zero-order valence-corrected chi connectivity index (χ0v) is 10.6. The minimum absolute atomic E-state index is 0.0821. The highest BCUT2D eigenvalue weighted by Crippen LogP contribution is 2.31. The van der Waals surface area contributed by atoms with Crippen LogP contribution in [0.4, 0.5) is 5.69 Å². The van der Waals surface area contributed by atoms with E-state index in [1.165, 1.54) is 26.2 Å². The van der Waals surface area contributed by atoms with Gasteiger partial charge in [0.1, 0.15) is 11.3 Å². The SMILES string of the molecule is COc1cc(NC(=O)[C@@H](C)N)c(Cl)cc1C(=O)O. The molecule has 0 saturated heterocycles. The monoisotopic (exact) mass is 272 g/mol. The summed E-state index contributed by atoms with van der Waals surface area (Å²) in [6, 6.07) is 1.84. The van der Waals surface area contributed by atoms with Gasteiger partial charge >= 0.3 is 5.97 Å². The Morgan fingerprint density at radius 3 is 2.56 bits per heavy atom. The van der Waals surface area contributed by atoms with E-state index in [1.54, 1.807) is 0 Å². The Labute approximate surface area is 109 Å². The average molecular weight is 273 g/mol. The third-order valence-corrected chi connectivity index (χ3v) is 2.50. The number of hydrogen-bond donors (Lipinski definition) is 3. The second-order valence-corrected chi connectivity index (χ2v) is 4.02. The van der Waals surface area contributed by atoms with Crippen molar-refractivity contribution in [2.45, 2.75) is 13.0 Å². The van der Waals surface area contributed by atoms with E-state index in [0.29, 0.717) is 0 Å². The van der Waals surface area contributed by atoms with E-state index < -0.39 is 17.9 Å². The van der Waals surface area contributed by atoms with Crippen LogP contribution in [-0.4, -0.2) is 30.1 Å². The number of carboxylic acid groups (broad SMARTS) is 1. The van der Waals surface area contributed by atoms with Crippen LogP contribution in [0.1, 0.15) is 17.3 Å². The number of aromatic carboxylic acids is 1. The summed E-state index contributed by atoms with van der Waals surface area (Å²) >= 11 is 5.88. The number of hydrogen-bond acceptors (Lipinski definition) is 4. The maximum absolute atomic E-state index is 11.4. The number of amides is 1. The largest absolute Gasteiger partial charge is 0.496 e. The van der Waals surface area contributed by atoms with E-state index >= 15 is 0 Å². The predicted molar refractivity (Wildman–Crippen MR) is 67.2 cm³/mol. The first-order chi connectivity index (χ1) is 8.36. The van der Waals surface area contributed by atoms with Crippen LogP contribution >= 0.6 is 11.6 Å². The smallest absolute Gasteiger partial charge is 0.339 e. The number of anilines is 1. The van der Waals surface area contributed by atoms with Gasteiger partial charge in [-0.3, -0.25) is 4.79 Å². The van der Waals surface area contributed by atoms with Gasteiger partial charge in [-0.15, -0.1) is 0 Å². The highest BCUT2D eigenvalue weighted by Gasteiger charge is 2.17. The molecule has 18 heavy (non-hydrogen) atoms. The Hall–Kier alpha value is -1.79. The normalized spacial score (nSPS) is 11.8. The highest BCUT2D eigenvalue weighted by molar-refractivity contribution is 6.34. The molecule has 1 atom stereocenters. The molecule has 1 aromatic rings. The predicted octanol–water partition coefficient (Wildman–Crippen LogP) is 1.33. The van der Waals surface area contributed by atoms with Crippen LogP contribution in [0.25, 0.3) is 0 Å². The van der Waals surface area contributed by atoms with E-state index in [1.807, 2.05) is 0 Å². The van der Waals surface area contributed by atoms with Crippen molar-refractivity contribution < 1.29 is 19.4 Å². The molecule has 4 N–H and O–H groups in total. The minimum atomic E-state index is -1.17. The molecule has 0 fully saturated rings. The molecule has 1 amide bonds. The zero-order chi connectivity index (χ0) is 13.9. The van der Waals surface area contributed by atoms with Crippen LogP contribution in [0.2, 0.25) is 5.02 Å². The fourth-order valence-electron chi connectivity index (χ4n) is 1.23. The van der Waals surface area contributed by atoms with Crippen LogP contribution in [-0.2, 0) is 4.79 Å². The maximum Gasteiger partial charge on any atom is 0.339 e. The molecule has 7 heteroatoms. The summed E-state index contributed by atoms with van der Waals surface area (Å²) in [4.78, 5) is 22.4. The van der Waals surface area contributed by atoms with E-state index in [9.17, 15) is 9.59 Å². The summed E-state index contributed by atoms with van der Waals surface area (Å²) in [6.07, 6.45) is 0. The van der Waals surface area contributed by atoms with Crippen molar-refractivity contribution in [3.05, 3.63) is 22.7 Å². The summed E-state index contributed by atoms with van der Waals surface area (Å²) in [5.41, 5.74) is 5.57. The van der Waals surface area contributed by atoms with Gasteiger partial charge in [0.15, 0.2) is 0 Å². The lowest BCUT2D eigenvalue weighted by molar-refractivity contribution is -0.117. The van der Waals surface area contributed by atoms with E-state index in [0.717, 1.165) is 0 Å². The van der Waals surface area contributed by atoms with Crippen LogP contribution in [0.3, 0.4) is 0 Å². The van der Waals surface area contributed by atoms with Crippen molar-refractivity contribution in [3.8, 4) is 5.75 Å². The molecule has 0 aromatic heterocycles. The molecular weight excluding hydrogens is 260 g/mol. The van der Waals surface area contributed by atoms with Gasteiger partial charge < -0.3 is 20.9 Å². The molecule has 98 valence electrons. The summed E-state index contributed by atoms with van der Waals surface area (Å²) in [7, 11) is 1.33. The summed E-state index contributed by atoms with van der Waals surface area (Å²) in [6.45, 7) is 1.52. The topological polar surface area (TPSA) is 102 Å². The Morgan fingerprint density at radius 2 is 2.11 bits per heavy atom. The molecule has 0 radical (unpaired) electrons. The highest BCUT2D eigenvalue weighted by atomic mass is 35.5. The molecule has 0 spiro atoms. The second kappa shape index (κ2) is 5.70. The first-order valence-electron chi connectivity index (χ1n) is 5.04. The molecule has 0 bridgehead atoms. The van der Waals surface area contributed by atoms with Gasteiger partial charge in [0.25, 0.3) is 0 Å². The van der Waals surface area contributed by atoms with E-state index in [2.05, 4.69) is 5.32 Å². The number of carboxylic acids is 1. The van der Waals surface area contributed by atoms with Crippen molar-refractivity contribution >= 4 is 29.2 Å². The number of benzene rings is 1. The zero-order valence-electron chi connectivity index (χ0n) is 9.86. The van der Waals surface area contributed by atoms with Gasteiger partial charge in [0.05, 0.1) is 23.9 Å². The van der Waals surface area contributed by atoms with Gasteiger partial charge in [-0.25, -0.2) is 4.79 Å². The number of nitrogens with one attached hydrogen (secondary N) is 1. The van der Waals surface area contributed by atoms with Crippen molar-refractivity contribution in [2.75, 3.05) is 12.4 Å². The minimum Gasteiger partial charge on any atom is -0.496 e. The Morgan fingerprint density at radius 1 is 1.50 bits per heavy atom. The quantitative estimate of drug-likeness (QED) is 0.767. The number of halogens is 1. The molecule has 0 saturated carbocycles. The molecule has 1 rings (SSSR count). The van der Waals surface area contributed by atoms with Crippen molar-refractivity contribution in [3.63, 3.8) is 0 Å². The molecule has 0 aliphatic carbocycles. The Kier molecular flexibility index (Phi) is 4.52. The number of nitrogens with two attached hydrogens (primary N) is 1. The maximum atomic E-state index is 11.4. The van der Waals surface area contributed by atoms with Gasteiger partial charge in [0.2, 0.25) is 5.91 Å². The Bertz CT molecular complexity index is 488. The molecule has 0 aliphatic rings. The number of carbonyl (C=O) groups is 2. The lowest BCUT2D eigenvalue weighted by Crippen LogP contribution is -2.32. The first kappa shape index (κ1) is 14.3. The fraction of sp³-hybridized carbons (Fsp3) is 0.273. The van der Waals surface area contributed by atoms with Gasteiger partial charge in [-0.1, -0.05) is 11.6 Å². The lowest BCUT2D eigenvalue weighted by atomic mass is 10.1. The molecule has 0 aliphatic heterocycles. The number of ether oxygens (including phenoxy) is 1. The van der Waals surface area contributed by atoms with Gasteiger partial charge in [-0.2, -0.15) is 0 Å². The number of rotatable bonds is 4. The standard InChI is InChI=1S/C11H13ClN2O4/c1-5(13)10(15)14-8-4-9(18-2)6(11(16)17)3-7(8)12/h3-5H,13H2,1-2H3,(H,14,15)(H,16,17)/t5-/m1/s1. The van der Waals surface area contributed by atoms with E-state index in [-0.39, 0.29) is 22.0 Å². The third kappa shape index (κ3) is 3.12. The van der Waals surface area contributed by atoms with E-state index in [4.69, 9.17) is 27.2 Å². The van der Waals surface area contributed by atoms with Crippen molar-refractivity contribution in [2.24, 2.45) is 5.73 Å². The molecule has 0 heterocycles. The van der Waals surface area contributed by atoms with Crippen LogP contribution in [0.15, 0.2) is 12.1 Å². The Balaban J connectivity index is 3.15. The lowest BCUT2D eigenvalue weighted by Gasteiger charge is -2.12. The molecular formula is C11H13ClN2O4. The summed E-state index contributed by atoms with van der Waals surface area (Å²) in [5.74, 6) is -1.49. The van der Waals surface area contributed by atoms with Crippen molar-refractivity contribution in [1.29, 1.82) is 0 Å². The van der Waals surface area contributed by atoms with Gasteiger partial charge in [-0.05, 0) is 13.0 Å². The summed E-state index contributed by atoms with van der Waals surface area (Å²) in [5, 5.41) is 11.5.